The second-order valence-electron chi connectivity index (χ2n) is 10.9. The van der Waals surface area contributed by atoms with Gasteiger partial charge in [-0.05, 0) is 69.5 Å². The number of pyridine rings is 1. The first kappa shape index (κ1) is 34.9. The summed E-state index contributed by atoms with van der Waals surface area (Å²) in [5.41, 5.74) is 0.495. The van der Waals surface area contributed by atoms with Crippen molar-refractivity contribution in [1.82, 2.24) is 10.3 Å². The maximum Gasteiger partial charge on any atom is 0.328 e. The van der Waals surface area contributed by atoms with Crippen LogP contribution in [-0.4, -0.2) is 54.5 Å². The number of nitrogens with one attached hydrogen (secondary N) is 1. The Hall–Kier alpha value is -4.58. The summed E-state index contributed by atoms with van der Waals surface area (Å²) in [6.45, 7) is 7.77. The van der Waals surface area contributed by atoms with Crippen LogP contribution in [0.5, 0.6) is 11.5 Å². The van der Waals surface area contributed by atoms with Crippen molar-refractivity contribution < 1.29 is 46.8 Å². The highest BCUT2D eigenvalue weighted by atomic mass is 19.1. The molecule has 1 heterocycles. The smallest absolute Gasteiger partial charge is 0.328 e. The summed E-state index contributed by atoms with van der Waals surface area (Å²) in [7, 11) is 1.37. The SMILES string of the molecule is COc1ccnc(C(=O)N[C@@H](C)C(=O)O[C@@H](C)[C@H](Cc2ccc(F)cc2)C(C)(C)OCc2ccc(F)cc2)c1OCOC(C)=O. The van der Waals surface area contributed by atoms with Gasteiger partial charge >= 0.3 is 11.9 Å². The molecule has 12 heteroatoms. The number of carbonyl (C=O) groups is 3. The van der Waals surface area contributed by atoms with Crippen LogP contribution >= 0.6 is 0 Å². The number of rotatable bonds is 15. The molecule has 1 N–H and O–H groups in total. The second kappa shape index (κ2) is 15.9. The summed E-state index contributed by atoms with van der Waals surface area (Å²) in [4.78, 5) is 41.5. The van der Waals surface area contributed by atoms with E-state index in [0.29, 0.717) is 6.42 Å². The minimum atomic E-state index is -1.11. The molecule has 3 atom stereocenters. The molecule has 242 valence electrons. The number of benzene rings is 2. The first-order chi connectivity index (χ1) is 21.3. The van der Waals surface area contributed by atoms with Gasteiger partial charge in [-0.25, -0.2) is 18.6 Å². The highest BCUT2D eigenvalue weighted by Crippen LogP contribution is 2.32. The van der Waals surface area contributed by atoms with Crippen LogP contribution in [0, 0.1) is 17.6 Å². The van der Waals surface area contributed by atoms with Crippen LogP contribution in [0.1, 0.15) is 56.2 Å². The molecule has 2 aromatic carbocycles. The zero-order valence-corrected chi connectivity index (χ0v) is 26.1. The molecule has 0 fully saturated rings. The van der Waals surface area contributed by atoms with Gasteiger partial charge in [-0.15, -0.1) is 0 Å². The largest absolute Gasteiger partial charge is 0.493 e. The van der Waals surface area contributed by atoms with Crippen molar-refractivity contribution in [1.29, 1.82) is 0 Å². The third-order valence-electron chi connectivity index (χ3n) is 7.12. The molecule has 0 spiro atoms. The lowest BCUT2D eigenvalue weighted by atomic mass is 9.81. The van der Waals surface area contributed by atoms with Crippen LogP contribution in [0.25, 0.3) is 0 Å². The number of methoxy groups -OCH3 is 1. The Balaban J connectivity index is 1.74. The van der Waals surface area contributed by atoms with Crippen LogP contribution < -0.4 is 14.8 Å². The van der Waals surface area contributed by atoms with Gasteiger partial charge in [-0.1, -0.05) is 24.3 Å². The monoisotopic (exact) mass is 628 g/mol. The Morgan fingerprint density at radius 2 is 1.53 bits per heavy atom. The summed E-state index contributed by atoms with van der Waals surface area (Å²) in [5, 5.41) is 2.55. The summed E-state index contributed by atoms with van der Waals surface area (Å²) >= 11 is 0. The molecule has 0 aliphatic rings. The normalized spacial score (nSPS) is 13.2. The number of hydrogen-bond donors (Lipinski definition) is 1. The topological polar surface area (TPSA) is 122 Å². The molecule has 0 saturated carbocycles. The van der Waals surface area contributed by atoms with E-state index in [2.05, 4.69) is 10.3 Å². The molecule has 0 radical (unpaired) electrons. The predicted molar refractivity (Wildman–Crippen MR) is 159 cm³/mol. The van der Waals surface area contributed by atoms with Gasteiger partial charge in [0.05, 0.1) is 19.3 Å². The fraction of sp³-hybridized carbons (Fsp3) is 0.394. The van der Waals surface area contributed by atoms with E-state index in [1.54, 1.807) is 31.2 Å². The average Bonchev–Trinajstić information content (AvgIpc) is 3.00. The van der Waals surface area contributed by atoms with Crippen molar-refractivity contribution in [2.75, 3.05) is 13.9 Å². The van der Waals surface area contributed by atoms with Gasteiger partial charge in [0.1, 0.15) is 23.8 Å². The van der Waals surface area contributed by atoms with E-state index < -0.39 is 48.3 Å². The van der Waals surface area contributed by atoms with Gasteiger partial charge < -0.3 is 29.0 Å². The molecule has 1 amide bonds. The fourth-order valence-corrected chi connectivity index (χ4v) is 4.56. The minimum Gasteiger partial charge on any atom is -0.493 e. The fourth-order valence-electron chi connectivity index (χ4n) is 4.56. The Kier molecular flexibility index (Phi) is 12.4. The first-order valence-electron chi connectivity index (χ1n) is 14.2. The lowest BCUT2D eigenvalue weighted by molar-refractivity contribution is -0.162. The van der Waals surface area contributed by atoms with Gasteiger partial charge in [-0.3, -0.25) is 9.59 Å². The zero-order valence-electron chi connectivity index (χ0n) is 26.1. The summed E-state index contributed by atoms with van der Waals surface area (Å²) in [5.74, 6) is -3.13. The number of carbonyl (C=O) groups excluding carboxylic acids is 3. The minimum absolute atomic E-state index is 0.0768. The maximum atomic E-state index is 13.6. The lowest BCUT2D eigenvalue weighted by Crippen LogP contribution is -2.46. The molecule has 1 aromatic heterocycles. The Morgan fingerprint density at radius 1 is 0.933 bits per heavy atom. The van der Waals surface area contributed by atoms with Crippen molar-refractivity contribution in [2.24, 2.45) is 5.92 Å². The molecule has 0 bridgehead atoms. The van der Waals surface area contributed by atoms with Crippen molar-refractivity contribution >= 4 is 17.8 Å². The standard InChI is InChI=1S/C33H38F2N2O8/c1-20(37-31(39)29-30(43-19-42-22(3)38)28(41-6)15-16-36-29)32(40)45-21(2)27(17-23-7-11-25(34)12-8-23)33(4,5)44-18-24-9-13-26(35)14-10-24/h7-16,20-21,27H,17-19H2,1-6H3,(H,37,39)/t20-,21-,27-/m0/s1. The molecule has 45 heavy (non-hydrogen) atoms. The summed E-state index contributed by atoms with van der Waals surface area (Å²) < 4.78 is 54.5. The van der Waals surface area contributed by atoms with E-state index in [1.807, 2.05) is 13.8 Å². The zero-order chi connectivity index (χ0) is 33.1. The quantitative estimate of drug-likeness (QED) is 0.179. The van der Waals surface area contributed by atoms with Crippen molar-refractivity contribution in [3.8, 4) is 11.5 Å². The van der Waals surface area contributed by atoms with Gasteiger partial charge in [0.25, 0.3) is 5.91 Å². The van der Waals surface area contributed by atoms with Gasteiger partial charge in [-0.2, -0.15) is 0 Å². The summed E-state index contributed by atoms with van der Waals surface area (Å²) in [6.07, 6.45) is 0.983. The average molecular weight is 629 g/mol. The van der Waals surface area contributed by atoms with Gasteiger partial charge in [0.15, 0.2) is 17.2 Å². The second-order valence-corrected chi connectivity index (χ2v) is 10.9. The molecular weight excluding hydrogens is 590 g/mol. The predicted octanol–water partition coefficient (Wildman–Crippen LogP) is 5.17. The number of esters is 2. The van der Waals surface area contributed by atoms with E-state index in [9.17, 15) is 23.2 Å². The molecule has 3 aromatic rings. The van der Waals surface area contributed by atoms with Crippen LogP contribution in [0.15, 0.2) is 60.8 Å². The van der Waals surface area contributed by atoms with Crippen LogP contribution in [-0.2, 0) is 36.8 Å². The number of halogens is 2. The number of aromatic nitrogens is 1. The van der Waals surface area contributed by atoms with Crippen LogP contribution in [0.3, 0.4) is 0 Å². The van der Waals surface area contributed by atoms with E-state index in [4.69, 9.17) is 23.7 Å². The van der Waals surface area contributed by atoms with E-state index >= 15 is 0 Å². The Bertz CT molecular complexity index is 1450. The lowest BCUT2D eigenvalue weighted by Gasteiger charge is -2.38. The molecule has 0 unspecified atom stereocenters. The van der Waals surface area contributed by atoms with Gasteiger partial charge in [0, 0.05) is 25.1 Å². The Labute approximate surface area is 261 Å². The third kappa shape index (κ3) is 10.2. The van der Waals surface area contributed by atoms with Crippen LogP contribution in [0.2, 0.25) is 0 Å². The van der Waals surface area contributed by atoms with E-state index in [1.165, 1.54) is 57.5 Å². The van der Waals surface area contributed by atoms with Crippen molar-refractivity contribution in [3.63, 3.8) is 0 Å². The van der Waals surface area contributed by atoms with E-state index in [-0.39, 0.29) is 35.4 Å². The third-order valence-corrected chi connectivity index (χ3v) is 7.12. The van der Waals surface area contributed by atoms with Crippen LogP contribution in [0.4, 0.5) is 8.78 Å². The maximum absolute atomic E-state index is 13.6. The first-order valence-corrected chi connectivity index (χ1v) is 14.2. The Morgan fingerprint density at radius 3 is 2.11 bits per heavy atom. The van der Waals surface area contributed by atoms with Crippen molar-refractivity contribution in [2.45, 2.75) is 65.4 Å². The molecule has 0 aliphatic heterocycles. The number of nitrogens with zero attached hydrogens (tertiary/aromatic N) is 1. The molecule has 10 nitrogen and oxygen atoms in total. The molecule has 3 rings (SSSR count). The van der Waals surface area contributed by atoms with E-state index in [0.717, 1.165) is 11.1 Å². The summed E-state index contributed by atoms with van der Waals surface area (Å²) in [6, 6.07) is 12.3. The molecule has 0 saturated heterocycles. The highest BCUT2D eigenvalue weighted by molar-refractivity contribution is 5.98. The number of ether oxygens (including phenoxy) is 5. The molecular formula is C33H38F2N2O8. The van der Waals surface area contributed by atoms with Gasteiger partial charge in [0.2, 0.25) is 6.79 Å². The highest BCUT2D eigenvalue weighted by Gasteiger charge is 2.37. The molecule has 0 aliphatic carbocycles. The van der Waals surface area contributed by atoms with Crippen molar-refractivity contribution in [3.05, 3.63) is 89.2 Å². The number of hydrogen-bond acceptors (Lipinski definition) is 9. The number of amides is 1.